The monoisotopic (exact) mass is 219 g/mol. The maximum Gasteiger partial charge on any atom is 0.422 e. The van der Waals surface area contributed by atoms with Gasteiger partial charge >= 0.3 is 6.18 Å². The van der Waals surface area contributed by atoms with E-state index < -0.39 is 24.3 Å². The van der Waals surface area contributed by atoms with E-state index in [1.54, 1.807) is 6.07 Å². The minimum atomic E-state index is -4.53. The smallest absolute Gasteiger partial charge is 0.422 e. The van der Waals surface area contributed by atoms with Crippen LogP contribution < -0.4 is 4.74 Å². The number of alkyl halides is 3. The Morgan fingerprint density at radius 2 is 2.00 bits per heavy atom. The minimum absolute atomic E-state index is 0.0357. The number of nitriles is 1. The van der Waals surface area contributed by atoms with Crippen LogP contribution in [0.3, 0.4) is 0 Å². The highest BCUT2D eigenvalue weighted by atomic mass is 19.4. The normalized spacial score (nSPS) is 10.9. The Balaban J connectivity index is 2.81. The number of rotatable bonds is 2. The molecule has 0 atom stereocenters. The van der Waals surface area contributed by atoms with Crippen LogP contribution in [0.15, 0.2) is 18.2 Å². The zero-order valence-corrected chi connectivity index (χ0v) is 7.31. The lowest BCUT2D eigenvalue weighted by Gasteiger charge is -2.09. The fourth-order valence-corrected chi connectivity index (χ4v) is 0.843. The van der Waals surface area contributed by atoms with Gasteiger partial charge in [-0.1, -0.05) is 0 Å². The standard InChI is InChI=1S/C9H5F4NO/c10-7-2-1-6(4-14)3-8(7)15-5-9(11,12)13/h1-3H,5H2. The maximum atomic E-state index is 12.9. The van der Waals surface area contributed by atoms with Crippen LogP contribution in [0, 0.1) is 17.1 Å². The van der Waals surface area contributed by atoms with Crippen molar-refractivity contribution in [2.24, 2.45) is 0 Å². The number of benzene rings is 1. The molecule has 15 heavy (non-hydrogen) atoms. The molecular weight excluding hydrogens is 214 g/mol. The van der Waals surface area contributed by atoms with Gasteiger partial charge in [0.25, 0.3) is 0 Å². The molecule has 0 heterocycles. The molecule has 0 aliphatic carbocycles. The van der Waals surface area contributed by atoms with E-state index in [1.165, 1.54) is 0 Å². The third-order valence-corrected chi connectivity index (χ3v) is 1.45. The third kappa shape index (κ3) is 3.46. The van der Waals surface area contributed by atoms with Gasteiger partial charge in [-0.25, -0.2) is 4.39 Å². The molecule has 0 bridgehead atoms. The van der Waals surface area contributed by atoms with Crippen molar-refractivity contribution in [1.29, 1.82) is 5.26 Å². The summed E-state index contributed by atoms with van der Waals surface area (Å²) in [5, 5.41) is 8.43. The molecule has 0 N–H and O–H groups in total. The molecule has 1 aromatic carbocycles. The molecule has 0 aliphatic heterocycles. The summed E-state index contributed by atoms with van der Waals surface area (Å²) in [5.74, 6) is -1.51. The highest BCUT2D eigenvalue weighted by Gasteiger charge is 2.28. The van der Waals surface area contributed by atoms with E-state index in [0.717, 1.165) is 18.2 Å². The minimum Gasteiger partial charge on any atom is -0.481 e. The van der Waals surface area contributed by atoms with Gasteiger partial charge in [-0.3, -0.25) is 0 Å². The van der Waals surface area contributed by atoms with Crippen molar-refractivity contribution < 1.29 is 22.3 Å². The molecule has 1 aromatic rings. The van der Waals surface area contributed by atoms with Crippen LogP contribution in [0.5, 0.6) is 5.75 Å². The molecule has 0 aliphatic rings. The first-order valence-corrected chi connectivity index (χ1v) is 3.81. The Hall–Kier alpha value is -1.77. The zero-order chi connectivity index (χ0) is 11.5. The van der Waals surface area contributed by atoms with E-state index in [0.29, 0.717) is 0 Å². The van der Waals surface area contributed by atoms with Crippen molar-refractivity contribution in [2.75, 3.05) is 6.61 Å². The first-order chi connectivity index (χ1) is 6.92. The number of ether oxygens (including phenoxy) is 1. The quantitative estimate of drug-likeness (QED) is 0.716. The lowest BCUT2D eigenvalue weighted by atomic mass is 10.2. The Kier molecular flexibility index (Phi) is 3.14. The fraction of sp³-hybridized carbons (Fsp3) is 0.222. The molecule has 1 rings (SSSR count). The second-order valence-corrected chi connectivity index (χ2v) is 2.66. The summed E-state index contributed by atoms with van der Waals surface area (Å²) >= 11 is 0. The average molecular weight is 219 g/mol. The molecule has 0 fully saturated rings. The molecule has 0 aromatic heterocycles. The summed E-state index contributed by atoms with van der Waals surface area (Å²) < 4.78 is 52.3. The highest BCUT2D eigenvalue weighted by Crippen LogP contribution is 2.22. The molecule has 6 heteroatoms. The van der Waals surface area contributed by atoms with E-state index in [1.807, 2.05) is 0 Å². The Morgan fingerprint density at radius 1 is 1.33 bits per heavy atom. The van der Waals surface area contributed by atoms with Gasteiger partial charge in [0, 0.05) is 6.07 Å². The highest BCUT2D eigenvalue weighted by molar-refractivity contribution is 5.37. The predicted octanol–water partition coefficient (Wildman–Crippen LogP) is 2.64. The van der Waals surface area contributed by atoms with Gasteiger partial charge in [0.15, 0.2) is 18.2 Å². The molecule has 0 saturated heterocycles. The van der Waals surface area contributed by atoms with Crippen molar-refractivity contribution >= 4 is 0 Å². The van der Waals surface area contributed by atoms with Crippen LogP contribution in [-0.2, 0) is 0 Å². The van der Waals surface area contributed by atoms with Crippen LogP contribution in [0.4, 0.5) is 17.6 Å². The summed E-state index contributed by atoms with van der Waals surface area (Å²) in [6.07, 6.45) is -4.53. The topological polar surface area (TPSA) is 33.0 Å². The third-order valence-electron chi connectivity index (χ3n) is 1.45. The SMILES string of the molecule is N#Cc1ccc(F)c(OCC(F)(F)F)c1. The van der Waals surface area contributed by atoms with Crippen LogP contribution in [0.25, 0.3) is 0 Å². The number of hydrogen-bond acceptors (Lipinski definition) is 2. The van der Waals surface area contributed by atoms with Gasteiger partial charge in [0.1, 0.15) is 0 Å². The molecule has 0 unspecified atom stereocenters. The van der Waals surface area contributed by atoms with Crippen LogP contribution in [-0.4, -0.2) is 12.8 Å². The van der Waals surface area contributed by atoms with E-state index in [2.05, 4.69) is 4.74 Å². The second kappa shape index (κ2) is 4.17. The molecular formula is C9H5F4NO. The van der Waals surface area contributed by atoms with Crippen molar-refractivity contribution in [3.8, 4) is 11.8 Å². The molecule has 0 saturated carbocycles. The molecule has 0 radical (unpaired) electrons. The van der Waals surface area contributed by atoms with E-state index in [-0.39, 0.29) is 5.56 Å². The molecule has 2 nitrogen and oxygen atoms in total. The van der Waals surface area contributed by atoms with Crippen LogP contribution >= 0.6 is 0 Å². The van der Waals surface area contributed by atoms with Gasteiger partial charge < -0.3 is 4.74 Å². The van der Waals surface area contributed by atoms with Crippen molar-refractivity contribution in [3.05, 3.63) is 29.6 Å². The summed E-state index contributed by atoms with van der Waals surface area (Å²) in [6.45, 7) is -1.58. The van der Waals surface area contributed by atoms with Crippen LogP contribution in [0.1, 0.15) is 5.56 Å². The van der Waals surface area contributed by atoms with Gasteiger partial charge in [-0.2, -0.15) is 18.4 Å². The Bertz CT molecular complexity index is 394. The average Bonchev–Trinajstić information content (AvgIpc) is 2.15. The van der Waals surface area contributed by atoms with Gasteiger partial charge in [-0.15, -0.1) is 0 Å². The zero-order valence-electron chi connectivity index (χ0n) is 7.31. The van der Waals surface area contributed by atoms with Crippen molar-refractivity contribution in [1.82, 2.24) is 0 Å². The first kappa shape index (κ1) is 11.3. The Morgan fingerprint density at radius 3 is 2.53 bits per heavy atom. The van der Waals surface area contributed by atoms with E-state index in [9.17, 15) is 17.6 Å². The van der Waals surface area contributed by atoms with E-state index in [4.69, 9.17) is 5.26 Å². The van der Waals surface area contributed by atoms with Gasteiger partial charge in [0.05, 0.1) is 11.6 Å². The number of hydrogen-bond donors (Lipinski definition) is 0. The molecule has 80 valence electrons. The summed E-state index contributed by atoms with van der Waals surface area (Å²) in [7, 11) is 0. The Labute approximate surface area is 82.7 Å². The lowest BCUT2D eigenvalue weighted by Crippen LogP contribution is -2.19. The lowest BCUT2D eigenvalue weighted by molar-refractivity contribution is -0.153. The molecule has 0 amide bonds. The van der Waals surface area contributed by atoms with Crippen molar-refractivity contribution in [3.63, 3.8) is 0 Å². The van der Waals surface area contributed by atoms with Gasteiger partial charge in [-0.05, 0) is 12.1 Å². The fourth-order valence-electron chi connectivity index (χ4n) is 0.843. The molecule has 0 spiro atoms. The summed E-state index contributed by atoms with van der Waals surface area (Å²) in [6, 6.07) is 4.61. The summed E-state index contributed by atoms with van der Waals surface area (Å²) in [4.78, 5) is 0. The van der Waals surface area contributed by atoms with Crippen LogP contribution in [0.2, 0.25) is 0 Å². The largest absolute Gasteiger partial charge is 0.481 e. The summed E-state index contributed by atoms with van der Waals surface area (Å²) in [5.41, 5.74) is 0.0357. The van der Waals surface area contributed by atoms with Gasteiger partial charge in [0.2, 0.25) is 0 Å². The predicted molar refractivity (Wildman–Crippen MR) is 42.7 cm³/mol. The second-order valence-electron chi connectivity index (χ2n) is 2.66. The number of halogens is 4. The first-order valence-electron chi connectivity index (χ1n) is 3.81. The van der Waals surface area contributed by atoms with Crippen molar-refractivity contribution in [2.45, 2.75) is 6.18 Å². The maximum absolute atomic E-state index is 12.9. The number of nitrogens with zero attached hydrogens (tertiary/aromatic N) is 1. The van der Waals surface area contributed by atoms with E-state index >= 15 is 0 Å².